The maximum Gasteiger partial charge on any atom is 0.161 e. The fourth-order valence-corrected chi connectivity index (χ4v) is 4.86. The van der Waals surface area contributed by atoms with Crippen molar-refractivity contribution in [1.82, 2.24) is 4.90 Å². The molecule has 164 valence electrons. The van der Waals surface area contributed by atoms with E-state index in [1.165, 1.54) is 6.07 Å². The van der Waals surface area contributed by atoms with Crippen molar-refractivity contribution in [3.05, 3.63) is 86.1 Å². The molecule has 0 aromatic heterocycles. The molecule has 1 atom stereocenters. The molecule has 2 aromatic carbocycles. The third kappa shape index (κ3) is 3.83. The van der Waals surface area contributed by atoms with Gasteiger partial charge in [-0.25, -0.2) is 4.39 Å². The molecule has 32 heavy (non-hydrogen) atoms. The maximum absolute atomic E-state index is 13.9. The second-order valence-electron chi connectivity index (χ2n) is 7.73. The summed E-state index contributed by atoms with van der Waals surface area (Å²) in [4.78, 5) is 14.6. The van der Waals surface area contributed by atoms with Crippen molar-refractivity contribution in [2.75, 3.05) is 7.05 Å². The van der Waals surface area contributed by atoms with E-state index < -0.39 is 11.7 Å². The van der Waals surface area contributed by atoms with Crippen LogP contribution in [0.3, 0.4) is 0 Å². The summed E-state index contributed by atoms with van der Waals surface area (Å²) in [5.41, 5.74) is 8.84. The van der Waals surface area contributed by atoms with E-state index in [-0.39, 0.29) is 33.8 Å². The molecule has 2 aromatic rings. The lowest BCUT2D eigenvalue weighted by molar-refractivity contribution is -0.116. The number of benzene rings is 2. The zero-order valence-electron chi connectivity index (χ0n) is 17.3. The van der Waals surface area contributed by atoms with Gasteiger partial charge in [0.05, 0.1) is 27.6 Å². The zero-order chi connectivity index (χ0) is 23.0. The van der Waals surface area contributed by atoms with E-state index in [1.54, 1.807) is 42.3 Å². The number of allylic oxidation sites excluding steroid dienone is 3. The highest BCUT2D eigenvalue weighted by Gasteiger charge is 2.39. The largest absolute Gasteiger partial charge is 0.486 e. The van der Waals surface area contributed by atoms with Gasteiger partial charge in [0.15, 0.2) is 11.5 Å². The topological polar surface area (TPSA) is 79.3 Å². The number of hydrogen-bond acceptors (Lipinski definition) is 5. The number of halogens is 3. The molecule has 4 rings (SSSR count). The SMILES string of the molecule is CN1C(N)=C(C#N)[C@@H](c2cc(Cl)c(OCc3ccccc3F)c(Cl)c2)C2=C1CCCC2=O. The first-order valence-electron chi connectivity index (χ1n) is 10.1. The Morgan fingerprint density at radius 3 is 2.59 bits per heavy atom. The summed E-state index contributed by atoms with van der Waals surface area (Å²) >= 11 is 13.0. The van der Waals surface area contributed by atoms with Gasteiger partial charge in [0.25, 0.3) is 0 Å². The summed E-state index contributed by atoms with van der Waals surface area (Å²) in [5, 5.41) is 10.2. The lowest BCUT2D eigenvalue weighted by atomic mass is 9.76. The average Bonchev–Trinajstić information content (AvgIpc) is 2.76. The van der Waals surface area contributed by atoms with Crippen molar-refractivity contribution in [3.63, 3.8) is 0 Å². The van der Waals surface area contributed by atoms with Gasteiger partial charge in [0, 0.05) is 30.3 Å². The van der Waals surface area contributed by atoms with Crippen LogP contribution in [0.1, 0.15) is 36.3 Å². The minimum Gasteiger partial charge on any atom is -0.486 e. The van der Waals surface area contributed by atoms with Crippen LogP contribution in [0.5, 0.6) is 5.75 Å². The summed E-state index contributed by atoms with van der Waals surface area (Å²) in [5.74, 6) is -0.562. The molecule has 0 spiro atoms. The number of carbonyl (C=O) groups is 1. The summed E-state index contributed by atoms with van der Waals surface area (Å²) in [6, 6.07) is 11.7. The zero-order valence-corrected chi connectivity index (χ0v) is 18.8. The summed E-state index contributed by atoms with van der Waals surface area (Å²) in [6.07, 6.45) is 1.83. The molecule has 0 saturated heterocycles. The smallest absolute Gasteiger partial charge is 0.161 e. The van der Waals surface area contributed by atoms with Crippen molar-refractivity contribution in [2.45, 2.75) is 31.8 Å². The summed E-state index contributed by atoms with van der Waals surface area (Å²) in [7, 11) is 1.76. The Hall–Kier alpha value is -3.01. The second-order valence-corrected chi connectivity index (χ2v) is 8.55. The van der Waals surface area contributed by atoms with Crippen LogP contribution in [0.2, 0.25) is 10.0 Å². The molecule has 0 saturated carbocycles. The molecule has 1 aliphatic carbocycles. The highest BCUT2D eigenvalue weighted by Crippen LogP contribution is 2.46. The van der Waals surface area contributed by atoms with Crippen molar-refractivity contribution in [3.8, 4) is 11.8 Å². The van der Waals surface area contributed by atoms with Gasteiger partial charge in [-0.1, -0.05) is 41.4 Å². The number of ether oxygens (including phenoxy) is 1. The third-order valence-electron chi connectivity index (χ3n) is 5.85. The first-order valence-corrected chi connectivity index (χ1v) is 10.8. The Labute approximate surface area is 195 Å². The van der Waals surface area contributed by atoms with Crippen LogP contribution < -0.4 is 10.5 Å². The van der Waals surface area contributed by atoms with Crippen LogP contribution in [-0.2, 0) is 11.4 Å². The number of nitrogens with two attached hydrogens (primary N) is 1. The highest BCUT2D eigenvalue weighted by molar-refractivity contribution is 6.37. The molecule has 0 bridgehead atoms. The average molecular weight is 472 g/mol. The summed E-state index contributed by atoms with van der Waals surface area (Å²) < 4.78 is 19.6. The van der Waals surface area contributed by atoms with E-state index in [4.69, 9.17) is 33.7 Å². The second kappa shape index (κ2) is 8.85. The number of Topliss-reactive ketones (excluding diaryl/α,β-unsaturated/α-hetero) is 1. The van der Waals surface area contributed by atoms with E-state index in [2.05, 4.69) is 6.07 Å². The molecule has 0 radical (unpaired) electrons. The fraction of sp³-hybridized carbons (Fsp3) is 0.250. The molecule has 2 N–H and O–H groups in total. The number of nitrogens with zero attached hydrogens (tertiary/aromatic N) is 2. The Kier molecular flexibility index (Phi) is 6.14. The first-order chi connectivity index (χ1) is 15.3. The Morgan fingerprint density at radius 1 is 1.25 bits per heavy atom. The minimum absolute atomic E-state index is 0.0181. The van der Waals surface area contributed by atoms with E-state index in [0.717, 1.165) is 12.1 Å². The molecular formula is C24H20Cl2FN3O2. The molecule has 5 nitrogen and oxygen atoms in total. The number of hydrogen-bond donors (Lipinski definition) is 1. The maximum atomic E-state index is 13.9. The molecule has 0 fully saturated rings. The third-order valence-corrected chi connectivity index (χ3v) is 6.41. The molecular weight excluding hydrogens is 452 g/mol. The standard InChI is InChI=1S/C24H20Cl2FN3O2/c1-30-19-7-4-8-20(31)22(19)21(15(11-28)24(30)29)14-9-16(25)23(17(26)10-14)32-12-13-5-2-3-6-18(13)27/h2-3,5-6,9-10,21H,4,7-8,12,29H2,1H3/t21-/m1/s1. The minimum atomic E-state index is -0.658. The van der Waals surface area contributed by atoms with Crippen LogP contribution in [0.15, 0.2) is 59.1 Å². The van der Waals surface area contributed by atoms with Gasteiger partial charge in [0.2, 0.25) is 0 Å². The Bertz CT molecular complexity index is 1190. The lowest BCUT2D eigenvalue weighted by Crippen LogP contribution is -2.36. The van der Waals surface area contributed by atoms with Gasteiger partial charge in [-0.15, -0.1) is 0 Å². The van der Waals surface area contributed by atoms with Crippen LogP contribution in [0, 0.1) is 17.1 Å². The number of carbonyl (C=O) groups excluding carboxylic acids is 1. The molecule has 1 aliphatic heterocycles. The van der Waals surface area contributed by atoms with Crippen molar-refractivity contribution < 1.29 is 13.9 Å². The molecule has 1 heterocycles. The van der Waals surface area contributed by atoms with E-state index in [0.29, 0.717) is 35.4 Å². The van der Waals surface area contributed by atoms with Crippen LogP contribution in [0.25, 0.3) is 0 Å². The normalized spacial score (nSPS) is 18.5. The number of rotatable bonds is 4. The number of ketones is 1. The predicted octanol–water partition coefficient (Wildman–Crippen LogP) is 5.44. The Morgan fingerprint density at radius 2 is 1.94 bits per heavy atom. The van der Waals surface area contributed by atoms with Crippen LogP contribution in [0.4, 0.5) is 4.39 Å². The van der Waals surface area contributed by atoms with Gasteiger partial charge >= 0.3 is 0 Å². The van der Waals surface area contributed by atoms with Crippen molar-refractivity contribution >= 4 is 29.0 Å². The monoisotopic (exact) mass is 471 g/mol. The fourth-order valence-electron chi connectivity index (χ4n) is 4.25. The van der Waals surface area contributed by atoms with E-state index in [9.17, 15) is 14.4 Å². The quantitative estimate of drug-likeness (QED) is 0.641. The van der Waals surface area contributed by atoms with Gasteiger partial charge < -0.3 is 15.4 Å². The number of nitriles is 1. The molecule has 2 aliphatic rings. The van der Waals surface area contributed by atoms with E-state index >= 15 is 0 Å². The van der Waals surface area contributed by atoms with Gasteiger partial charge in [-0.2, -0.15) is 5.26 Å². The van der Waals surface area contributed by atoms with Crippen LogP contribution >= 0.6 is 23.2 Å². The van der Waals surface area contributed by atoms with Gasteiger partial charge in [0.1, 0.15) is 18.2 Å². The molecule has 8 heteroatoms. The van der Waals surface area contributed by atoms with Crippen molar-refractivity contribution in [1.29, 1.82) is 5.26 Å². The first kappa shape index (κ1) is 22.2. The van der Waals surface area contributed by atoms with Crippen molar-refractivity contribution in [2.24, 2.45) is 5.73 Å². The van der Waals surface area contributed by atoms with Crippen LogP contribution in [-0.4, -0.2) is 17.7 Å². The van der Waals surface area contributed by atoms with Gasteiger partial charge in [-0.3, -0.25) is 4.79 Å². The highest BCUT2D eigenvalue weighted by atomic mass is 35.5. The molecule has 0 amide bonds. The Balaban J connectivity index is 1.74. The van der Waals surface area contributed by atoms with Gasteiger partial charge in [-0.05, 0) is 36.6 Å². The van der Waals surface area contributed by atoms with E-state index in [1.807, 2.05) is 0 Å². The molecule has 0 unspecified atom stereocenters. The predicted molar refractivity (Wildman–Crippen MR) is 120 cm³/mol. The summed E-state index contributed by atoms with van der Waals surface area (Å²) in [6.45, 7) is -0.0518. The lowest BCUT2D eigenvalue weighted by Gasteiger charge is -2.37.